The fourth-order valence-electron chi connectivity index (χ4n) is 1.86. The lowest BCUT2D eigenvalue weighted by Crippen LogP contribution is -2.20. The van der Waals surface area contributed by atoms with Gasteiger partial charge in [0.2, 0.25) is 0 Å². The van der Waals surface area contributed by atoms with E-state index in [2.05, 4.69) is 0 Å². The summed E-state index contributed by atoms with van der Waals surface area (Å²) < 4.78 is 4.84. The monoisotopic (exact) mass is 310 g/mol. The Bertz CT molecular complexity index is 407. The third-order valence-electron chi connectivity index (χ3n) is 3.44. The lowest BCUT2D eigenvalue weighted by atomic mass is 9.93. The maximum atomic E-state index is 11.4. The van der Waals surface area contributed by atoms with Crippen LogP contribution in [0.15, 0.2) is 36.0 Å². The van der Waals surface area contributed by atoms with Crippen LogP contribution in [0.4, 0.5) is 0 Å². The largest absolute Gasteiger partial charge is 0.463 e. The minimum atomic E-state index is -0.728. The first-order valence-corrected chi connectivity index (χ1v) is 7.89. The number of aliphatic hydroxyl groups is 2. The zero-order valence-corrected chi connectivity index (χ0v) is 14.3. The van der Waals surface area contributed by atoms with E-state index in [1.54, 1.807) is 26.0 Å². The van der Waals surface area contributed by atoms with Crippen LogP contribution in [-0.2, 0) is 9.53 Å². The van der Waals surface area contributed by atoms with Gasteiger partial charge in [0.25, 0.3) is 0 Å². The van der Waals surface area contributed by atoms with E-state index in [0.717, 1.165) is 6.42 Å². The molecule has 0 aliphatic rings. The maximum Gasteiger partial charge on any atom is 0.330 e. The van der Waals surface area contributed by atoms with Gasteiger partial charge in [-0.2, -0.15) is 0 Å². The molecule has 0 aromatic rings. The first-order valence-electron chi connectivity index (χ1n) is 7.89. The van der Waals surface area contributed by atoms with Gasteiger partial charge >= 0.3 is 5.97 Å². The number of rotatable bonds is 9. The van der Waals surface area contributed by atoms with Gasteiger partial charge < -0.3 is 14.9 Å². The molecular weight excluding hydrogens is 280 g/mol. The van der Waals surface area contributed by atoms with Gasteiger partial charge in [0, 0.05) is 12.0 Å². The van der Waals surface area contributed by atoms with Crippen LogP contribution >= 0.6 is 0 Å². The molecular formula is C18H30O4. The van der Waals surface area contributed by atoms with Crippen molar-refractivity contribution in [1.29, 1.82) is 0 Å². The Labute approximate surface area is 134 Å². The summed E-state index contributed by atoms with van der Waals surface area (Å²) in [6, 6.07) is 0. The van der Waals surface area contributed by atoms with Crippen molar-refractivity contribution in [1.82, 2.24) is 0 Å². The smallest absolute Gasteiger partial charge is 0.330 e. The minimum Gasteiger partial charge on any atom is -0.463 e. The highest BCUT2D eigenvalue weighted by molar-refractivity contribution is 5.82. The summed E-state index contributed by atoms with van der Waals surface area (Å²) in [5.41, 5.74) is 0.584. The van der Waals surface area contributed by atoms with E-state index in [4.69, 9.17) is 4.74 Å². The molecule has 0 saturated carbocycles. The van der Waals surface area contributed by atoms with Crippen molar-refractivity contribution in [3.05, 3.63) is 36.0 Å². The highest BCUT2D eigenvalue weighted by Crippen LogP contribution is 2.18. The number of carbonyl (C=O) groups excluding carboxylic acids is 1. The molecule has 0 aliphatic carbocycles. The number of allylic oxidation sites excluding steroid dienone is 2. The molecule has 0 aromatic heterocycles. The molecule has 0 aromatic carbocycles. The second-order valence-corrected chi connectivity index (χ2v) is 5.66. The molecule has 4 heteroatoms. The van der Waals surface area contributed by atoms with Crippen molar-refractivity contribution in [3.63, 3.8) is 0 Å². The molecule has 3 atom stereocenters. The fraction of sp³-hybridized carbons (Fsp3) is 0.611. The van der Waals surface area contributed by atoms with Crippen molar-refractivity contribution in [2.24, 2.45) is 11.8 Å². The minimum absolute atomic E-state index is 0.0912. The quantitative estimate of drug-likeness (QED) is 0.390. The molecule has 4 nitrogen and oxygen atoms in total. The Balaban J connectivity index is 4.71. The highest BCUT2D eigenvalue weighted by atomic mass is 16.5. The average Bonchev–Trinajstić information content (AvgIpc) is 2.46. The van der Waals surface area contributed by atoms with Crippen LogP contribution in [-0.4, -0.2) is 35.0 Å². The highest BCUT2D eigenvalue weighted by Gasteiger charge is 2.17. The van der Waals surface area contributed by atoms with Crippen molar-refractivity contribution < 1.29 is 19.7 Å². The Hall–Kier alpha value is -1.39. The maximum absolute atomic E-state index is 11.4. The molecule has 0 aliphatic heterocycles. The zero-order chi connectivity index (χ0) is 17.1. The Morgan fingerprint density at radius 2 is 1.73 bits per heavy atom. The van der Waals surface area contributed by atoms with Crippen molar-refractivity contribution in [2.75, 3.05) is 6.61 Å². The summed E-state index contributed by atoms with van der Waals surface area (Å²) >= 11 is 0. The topological polar surface area (TPSA) is 66.8 Å². The normalized spacial score (nSPS) is 17.2. The van der Waals surface area contributed by atoms with Crippen LogP contribution in [0, 0.1) is 11.8 Å². The summed E-state index contributed by atoms with van der Waals surface area (Å²) in [4.78, 5) is 11.4. The summed E-state index contributed by atoms with van der Waals surface area (Å²) in [6.45, 7) is 9.65. The van der Waals surface area contributed by atoms with Gasteiger partial charge in [0.1, 0.15) is 0 Å². The van der Waals surface area contributed by atoms with E-state index < -0.39 is 18.2 Å². The van der Waals surface area contributed by atoms with Gasteiger partial charge in [-0.3, -0.25) is 0 Å². The van der Waals surface area contributed by atoms with E-state index in [-0.39, 0.29) is 11.8 Å². The lowest BCUT2D eigenvalue weighted by molar-refractivity contribution is -0.137. The molecule has 126 valence electrons. The van der Waals surface area contributed by atoms with Crippen LogP contribution in [0.3, 0.4) is 0 Å². The average molecular weight is 310 g/mol. The van der Waals surface area contributed by atoms with Crippen LogP contribution in [0.5, 0.6) is 0 Å². The first kappa shape index (κ1) is 20.6. The summed E-state index contributed by atoms with van der Waals surface area (Å²) in [5, 5.41) is 20.0. The Morgan fingerprint density at radius 3 is 2.23 bits per heavy atom. The van der Waals surface area contributed by atoms with Gasteiger partial charge in [-0.25, -0.2) is 4.79 Å². The number of hydrogen-bond acceptors (Lipinski definition) is 4. The molecule has 0 heterocycles. The van der Waals surface area contributed by atoms with Crippen LogP contribution in [0.2, 0.25) is 0 Å². The van der Waals surface area contributed by atoms with Crippen LogP contribution < -0.4 is 0 Å². The van der Waals surface area contributed by atoms with Gasteiger partial charge in [-0.1, -0.05) is 45.1 Å². The van der Waals surface area contributed by atoms with Crippen molar-refractivity contribution in [2.45, 2.75) is 53.2 Å². The Kier molecular flexibility index (Phi) is 10.5. The summed E-state index contributed by atoms with van der Waals surface area (Å²) in [6.07, 6.45) is 8.09. The number of ether oxygens (including phenoxy) is 1. The Morgan fingerprint density at radius 1 is 1.14 bits per heavy atom. The standard InChI is InChI=1S/C18H30O4/c1-6-15(10-8-9-11-16(19)13(3)4)18(21)14(5)12-17(20)22-7-2/h8-13,15-16,18-19,21H,6-7H2,1-5H3/b10-8+,11-9+,14-12+/t15-,16?,18+/m0/s1. The van der Waals surface area contributed by atoms with Gasteiger partial charge in [-0.05, 0) is 31.8 Å². The number of hydrogen-bond donors (Lipinski definition) is 2. The van der Waals surface area contributed by atoms with Gasteiger partial charge in [0.15, 0.2) is 0 Å². The second-order valence-electron chi connectivity index (χ2n) is 5.66. The van der Waals surface area contributed by atoms with Crippen LogP contribution in [0.1, 0.15) is 41.0 Å². The third kappa shape index (κ3) is 8.15. The lowest BCUT2D eigenvalue weighted by Gasteiger charge is -2.19. The van der Waals surface area contributed by atoms with Gasteiger partial charge in [-0.15, -0.1) is 0 Å². The summed E-state index contributed by atoms with van der Waals surface area (Å²) in [7, 11) is 0. The van der Waals surface area contributed by atoms with E-state index in [9.17, 15) is 15.0 Å². The number of esters is 1. The predicted octanol–water partition coefficient (Wildman–Crippen LogP) is 3.01. The van der Waals surface area contributed by atoms with Gasteiger partial charge in [0.05, 0.1) is 18.8 Å². The SMILES string of the molecule is CCOC(=O)/C=C(\C)[C@@H](O)[C@H](/C=C/C=C/C(O)C(C)C)CC. The van der Waals surface area contributed by atoms with Crippen LogP contribution in [0.25, 0.3) is 0 Å². The molecule has 0 fully saturated rings. The molecule has 0 amide bonds. The molecule has 0 spiro atoms. The molecule has 0 radical (unpaired) electrons. The molecule has 1 unspecified atom stereocenters. The second kappa shape index (κ2) is 11.2. The van der Waals surface area contributed by atoms with Crippen molar-refractivity contribution in [3.8, 4) is 0 Å². The van der Waals surface area contributed by atoms with Crippen molar-refractivity contribution >= 4 is 5.97 Å². The molecule has 0 bridgehead atoms. The van der Waals surface area contributed by atoms with E-state index >= 15 is 0 Å². The zero-order valence-electron chi connectivity index (χ0n) is 14.3. The molecule has 22 heavy (non-hydrogen) atoms. The number of aliphatic hydroxyl groups excluding tert-OH is 2. The molecule has 0 saturated heterocycles. The predicted molar refractivity (Wildman–Crippen MR) is 89.3 cm³/mol. The summed E-state index contributed by atoms with van der Waals surface area (Å²) in [5.74, 6) is -0.351. The molecule has 0 rings (SSSR count). The number of carbonyl (C=O) groups is 1. The fourth-order valence-corrected chi connectivity index (χ4v) is 1.86. The first-order chi connectivity index (χ1) is 10.3. The third-order valence-corrected chi connectivity index (χ3v) is 3.44. The van der Waals surface area contributed by atoms with E-state index in [1.807, 2.05) is 32.9 Å². The van der Waals surface area contributed by atoms with E-state index in [0.29, 0.717) is 12.2 Å². The molecule has 2 N–H and O–H groups in total. The van der Waals surface area contributed by atoms with E-state index in [1.165, 1.54) is 6.08 Å².